The lowest BCUT2D eigenvalue weighted by molar-refractivity contribution is -0.384. The number of carbonyl (C=O) groups is 1. The van der Waals surface area contributed by atoms with Crippen molar-refractivity contribution in [2.45, 2.75) is 4.90 Å². The number of nitro benzene ring substituents is 1. The summed E-state index contributed by atoms with van der Waals surface area (Å²) in [6.07, 6.45) is 5.06. The number of benzene rings is 2. The number of thiazole rings is 1. The standard InChI is InChI=1S/C21H22N4O3S2/c1-23(2)11-12-24(21-22-18-9-8-17(29-3)14-19(18)30-21)20(26)10-7-15-5-4-6-16(13-15)25(27)28/h4-10,13-14H,11-12H2,1-3H3/b10-7+. The average Bonchev–Trinajstić information content (AvgIpc) is 3.15. The number of hydrogen-bond acceptors (Lipinski definition) is 7. The second-order valence-corrected chi connectivity index (χ2v) is 8.70. The summed E-state index contributed by atoms with van der Waals surface area (Å²) in [5.74, 6) is -0.215. The zero-order valence-electron chi connectivity index (χ0n) is 16.9. The van der Waals surface area contributed by atoms with Crippen molar-refractivity contribution in [2.24, 2.45) is 0 Å². The normalized spacial score (nSPS) is 11.5. The second kappa shape index (κ2) is 9.84. The van der Waals surface area contributed by atoms with Gasteiger partial charge in [-0.25, -0.2) is 4.98 Å². The summed E-state index contributed by atoms with van der Waals surface area (Å²) in [5.41, 5.74) is 1.45. The van der Waals surface area contributed by atoms with Gasteiger partial charge in [0.05, 0.1) is 15.1 Å². The Morgan fingerprint density at radius 2 is 2.03 bits per heavy atom. The first kappa shape index (κ1) is 21.9. The number of nitrogens with zero attached hydrogens (tertiary/aromatic N) is 4. The largest absolute Gasteiger partial charge is 0.308 e. The van der Waals surface area contributed by atoms with Crippen LogP contribution in [-0.2, 0) is 4.79 Å². The van der Waals surface area contributed by atoms with Gasteiger partial charge in [-0.1, -0.05) is 23.5 Å². The van der Waals surface area contributed by atoms with Crippen LogP contribution in [0.1, 0.15) is 5.56 Å². The van der Waals surface area contributed by atoms with E-state index >= 15 is 0 Å². The van der Waals surface area contributed by atoms with Crippen LogP contribution < -0.4 is 4.90 Å². The molecule has 0 aliphatic rings. The highest BCUT2D eigenvalue weighted by atomic mass is 32.2. The van der Waals surface area contributed by atoms with Gasteiger partial charge in [0.1, 0.15) is 0 Å². The van der Waals surface area contributed by atoms with Crippen LogP contribution in [0.15, 0.2) is 53.4 Å². The highest BCUT2D eigenvalue weighted by Gasteiger charge is 2.18. The quantitative estimate of drug-likeness (QED) is 0.221. The Morgan fingerprint density at radius 3 is 2.73 bits per heavy atom. The van der Waals surface area contributed by atoms with Crippen molar-refractivity contribution < 1.29 is 9.72 Å². The van der Waals surface area contributed by atoms with E-state index < -0.39 is 4.92 Å². The van der Waals surface area contributed by atoms with Gasteiger partial charge in [0, 0.05) is 36.2 Å². The fourth-order valence-electron chi connectivity index (χ4n) is 2.73. The van der Waals surface area contributed by atoms with Gasteiger partial charge < -0.3 is 4.90 Å². The second-order valence-electron chi connectivity index (χ2n) is 6.81. The fourth-order valence-corrected chi connectivity index (χ4v) is 4.29. The van der Waals surface area contributed by atoms with E-state index in [1.165, 1.54) is 29.5 Å². The van der Waals surface area contributed by atoms with Crippen molar-refractivity contribution in [3.63, 3.8) is 0 Å². The SMILES string of the molecule is CSc1ccc2nc(N(CCN(C)C)C(=O)/C=C/c3cccc([N+](=O)[O-])c3)sc2c1. The number of hydrogen-bond donors (Lipinski definition) is 0. The molecule has 0 aliphatic heterocycles. The van der Waals surface area contributed by atoms with E-state index in [-0.39, 0.29) is 11.6 Å². The van der Waals surface area contributed by atoms with Gasteiger partial charge in [-0.3, -0.25) is 19.8 Å². The molecule has 0 N–H and O–H groups in total. The lowest BCUT2D eigenvalue weighted by atomic mass is 10.2. The molecule has 2 aromatic carbocycles. The van der Waals surface area contributed by atoms with Gasteiger partial charge in [0.2, 0.25) is 0 Å². The maximum atomic E-state index is 13.0. The van der Waals surface area contributed by atoms with Crippen LogP contribution in [0, 0.1) is 10.1 Å². The number of amides is 1. The minimum atomic E-state index is -0.452. The number of rotatable bonds is 8. The monoisotopic (exact) mass is 442 g/mol. The molecule has 1 amide bonds. The summed E-state index contributed by atoms with van der Waals surface area (Å²) in [4.78, 5) is 33.0. The molecule has 3 aromatic rings. The number of likely N-dealkylation sites (N-methyl/N-ethyl adjacent to an activating group) is 1. The summed E-state index contributed by atoms with van der Waals surface area (Å²) >= 11 is 3.15. The van der Waals surface area contributed by atoms with Crippen LogP contribution in [-0.4, -0.2) is 54.2 Å². The molecule has 0 atom stereocenters. The van der Waals surface area contributed by atoms with E-state index in [2.05, 4.69) is 11.1 Å². The number of non-ortho nitro benzene ring substituents is 1. The van der Waals surface area contributed by atoms with Crippen LogP contribution >= 0.6 is 23.1 Å². The number of nitro groups is 1. The number of aromatic nitrogens is 1. The minimum Gasteiger partial charge on any atom is -0.308 e. The molecule has 30 heavy (non-hydrogen) atoms. The Labute approximate surface area is 183 Å². The molecule has 0 unspecified atom stereocenters. The molecule has 0 saturated heterocycles. The van der Waals surface area contributed by atoms with Crippen LogP contribution in [0.5, 0.6) is 0 Å². The maximum Gasteiger partial charge on any atom is 0.270 e. The summed E-state index contributed by atoms with van der Waals surface area (Å²) in [6, 6.07) is 12.3. The van der Waals surface area contributed by atoms with Gasteiger partial charge in [0.15, 0.2) is 5.13 Å². The zero-order valence-corrected chi connectivity index (χ0v) is 18.6. The zero-order chi connectivity index (χ0) is 21.7. The Morgan fingerprint density at radius 1 is 1.23 bits per heavy atom. The number of anilines is 1. The molecular formula is C21H22N4O3S2. The number of thioether (sulfide) groups is 1. The highest BCUT2D eigenvalue weighted by Crippen LogP contribution is 2.31. The summed E-state index contributed by atoms with van der Waals surface area (Å²) in [6.45, 7) is 1.17. The van der Waals surface area contributed by atoms with Crippen molar-refractivity contribution in [1.29, 1.82) is 0 Å². The first-order chi connectivity index (χ1) is 14.4. The first-order valence-corrected chi connectivity index (χ1v) is 11.2. The van der Waals surface area contributed by atoms with Crippen molar-refractivity contribution in [3.8, 4) is 0 Å². The Kier molecular flexibility index (Phi) is 7.20. The highest BCUT2D eigenvalue weighted by molar-refractivity contribution is 7.98. The van der Waals surface area contributed by atoms with E-state index in [0.29, 0.717) is 23.8 Å². The van der Waals surface area contributed by atoms with Gasteiger partial charge in [-0.2, -0.15) is 0 Å². The Bertz CT molecular complexity index is 1090. The van der Waals surface area contributed by atoms with Crippen molar-refractivity contribution in [2.75, 3.05) is 38.3 Å². The molecule has 0 saturated carbocycles. The predicted molar refractivity (Wildman–Crippen MR) is 124 cm³/mol. The van der Waals surface area contributed by atoms with E-state index in [4.69, 9.17) is 0 Å². The van der Waals surface area contributed by atoms with Crippen LogP contribution in [0.4, 0.5) is 10.8 Å². The van der Waals surface area contributed by atoms with E-state index in [0.717, 1.165) is 15.1 Å². The topological polar surface area (TPSA) is 79.6 Å². The molecule has 0 radical (unpaired) electrons. The molecule has 3 rings (SSSR count). The molecule has 0 bridgehead atoms. The van der Waals surface area contributed by atoms with Gasteiger partial charge in [-0.05, 0) is 50.2 Å². The first-order valence-electron chi connectivity index (χ1n) is 9.20. The predicted octanol–water partition coefficient (Wildman–Crippen LogP) is 4.53. The molecule has 0 aliphatic carbocycles. The van der Waals surface area contributed by atoms with Crippen LogP contribution in [0.25, 0.3) is 16.3 Å². The van der Waals surface area contributed by atoms with Crippen molar-refractivity contribution in [1.82, 2.24) is 9.88 Å². The molecule has 156 valence electrons. The molecular weight excluding hydrogens is 420 g/mol. The van der Waals surface area contributed by atoms with E-state index in [1.54, 1.807) is 34.9 Å². The molecule has 0 fully saturated rings. The van der Waals surface area contributed by atoms with Crippen molar-refractivity contribution >= 4 is 56.1 Å². The lowest BCUT2D eigenvalue weighted by Gasteiger charge is -2.20. The summed E-state index contributed by atoms with van der Waals surface area (Å²) in [5, 5.41) is 11.6. The third-order valence-corrected chi connectivity index (χ3v) is 6.12. The molecule has 1 heterocycles. The molecule has 7 nitrogen and oxygen atoms in total. The maximum absolute atomic E-state index is 13.0. The Balaban J connectivity index is 1.88. The van der Waals surface area contributed by atoms with Crippen LogP contribution in [0.3, 0.4) is 0 Å². The smallest absolute Gasteiger partial charge is 0.270 e. The number of carbonyl (C=O) groups excluding carboxylic acids is 1. The van der Waals surface area contributed by atoms with Gasteiger partial charge in [-0.15, -0.1) is 11.8 Å². The fraction of sp³-hybridized carbons (Fsp3) is 0.238. The average molecular weight is 443 g/mol. The molecule has 1 aromatic heterocycles. The number of fused-ring (bicyclic) bond motifs is 1. The van der Waals surface area contributed by atoms with E-state index in [1.807, 2.05) is 37.4 Å². The molecule has 0 spiro atoms. The van der Waals surface area contributed by atoms with Gasteiger partial charge in [0.25, 0.3) is 11.6 Å². The third kappa shape index (κ3) is 5.44. The van der Waals surface area contributed by atoms with Crippen molar-refractivity contribution in [3.05, 3.63) is 64.2 Å². The lowest BCUT2D eigenvalue weighted by Crippen LogP contribution is -2.35. The Hall–Kier alpha value is -2.75. The summed E-state index contributed by atoms with van der Waals surface area (Å²) < 4.78 is 1.03. The van der Waals surface area contributed by atoms with E-state index in [9.17, 15) is 14.9 Å². The van der Waals surface area contributed by atoms with Gasteiger partial charge >= 0.3 is 0 Å². The van der Waals surface area contributed by atoms with Crippen LogP contribution in [0.2, 0.25) is 0 Å². The third-order valence-electron chi connectivity index (χ3n) is 4.35. The summed E-state index contributed by atoms with van der Waals surface area (Å²) in [7, 11) is 3.90. The molecule has 9 heteroatoms. The minimum absolute atomic E-state index is 0.00941.